The smallest absolute Gasteiger partial charge is 0.234 e. The molecule has 0 aliphatic heterocycles. The van der Waals surface area contributed by atoms with Crippen molar-refractivity contribution in [2.45, 2.75) is 13.3 Å². The molecule has 0 unspecified atom stereocenters. The van der Waals surface area contributed by atoms with E-state index in [0.29, 0.717) is 0 Å². The summed E-state index contributed by atoms with van der Waals surface area (Å²) >= 11 is 0. The van der Waals surface area contributed by atoms with Crippen molar-refractivity contribution in [3.63, 3.8) is 0 Å². The molecule has 0 bridgehead atoms. The van der Waals surface area contributed by atoms with Gasteiger partial charge in [0, 0.05) is 23.3 Å². The fourth-order valence-electron chi connectivity index (χ4n) is 0.921. The Morgan fingerprint density at radius 3 is 2.92 bits per heavy atom. The second-order valence-electron chi connectivity index (χ2n) is 2.14. The van der Waals surface area contributed by atoms with E-state index in [1.54, 1.807) is 4.73 Å². The first-order valence-corrected chi connectivity index (χ1v) is 3.66. The number of aryl methyl sites for hydroxylation is 1. The molecule has 1 rings (SSSR count). The van der Waals surface area contributed by atoms with Gasteiger partial charge in [0.25, 0.3) is 0 Å². The van der Waals surface area contributed by atoms with Crippen LogP contribution in [0.1, 0.15) is 12.6 Å². The third-order valence-electron chi connectivity index (χ3n) is 1.45. The van der Waals surface area contributed by atoms with E-state index >= 15 is 0 Å². The second-order valence-corrected chi connectivity index (χ2v) is 2.14. The number of hydrogen-bond acceptors (Lipinski definition) is 1. The maximum absolute atomic E-state index is 5.11. The lowest BCUT2D eigenvalue weighted by Gasteiger charge is -1.94. The van der Waals surface area contributed by atoms with E-state index < -0.39 is 0 Å². The summed E-state index contributed by atoms with van der Waals surface area (Å²) in [6, 6.07) is 5.92. The molecule has 0 amide bonds. The second kappa shape index (κ2) is 5.61. The van der Waals surface area contributed by atoms with E-state index in [4.69, 9.17) is 4.84 Å². The van der Waals surface area contributed by atoms with Crippen molar-refractivity contribution in [2.75, 3.05) is 0 Å². The summed E-state index contributed by atoms with van der Waals surface area (Å²) in [4.78, 5) is 5.11. The molecule has 66 valence electrons. The first-order valence-electron chi connectivity index (χ1n) is 3.66. The molecule has 0 aliphatic rings. The molecule has 0 fully saturated rings. The van der Waals surface area contributed by atoms with E-state index in [-0.39, 0.29) is 12.4 Å². The zero-order valence-corrected chi connectivity index (χ0v) is 7.79. The SMILES string of the molecule is C=CO[n+]1ccccc1CC.[Cl-]. The summed E-state index contributed by atoms with van der Waals surface area (Å²) in [5.74, 6) is 0. The van der Waals surface area contributed by atoms with E-state index in [2.05, 4.69) is 13.5 Å². The molecule has 0 atom stereocenters. The number of nitrogens with zero attached hydrogens (tertiary/aromatic N) is 1. The van der Waals surface area contributed by atoms with Crippen LogP contribution in [0.4, 0.5) is 0 Å². The van der Waals surface area contributed by atoms with Crippen LogP contribution in [0.5, 0.6) is 0 Å². The van der Waals surface area contributed by atoms with Gasteiger partial charge in [0.15, 0.2) is 6.26 Å². The van der Waals surface area contributed by atoms with Gasteiger partial charge in [0.1, 0.15) is 0 Å². The normalized spacial score (nSPS) is 8.42. The fourth-order valence-corrected chi connectivity index (χ4v) is 0.921. The topological polar surface area (TPSA) is 13.1 Å². The van der Waals surface area contributed by atoms with Crippen molar-refractivity contribution >= 4 is 0 Å². The molecule has 0 saturated carbocycles. The minimum atomic E-state index is 0. The van der Waals surface area contributed by atoms with Crippen molar-refractivity contribution in [3.05, 3.63) is 42.9 Å². The molecule has 1 aromatic heterocycles. The largest absolute Gasteiger partial charge is 1.00 e. The van der Waals surface area contributed by atoms with E-state index in [0.717, 1.165) is 12.1 Å². The molecule has 0 radical (unpaired) electrons. The third-order valence-corrected chi connectivity index (χ3v) is 1.45. The lowest BCUT2D eigenvalue weighted by molar-refractivity contribution is -0.881. The predicted octanol–water partition coefficient (Wildman–Crippen LogP) is -1.89. The van der Waals surface area contributed by atoms with Crippen molar-refractivity contribution in [1.82, 2.24) is 0 Å². The van der Waals surface area contributed by atoms with Crippen molar-refractivity contribution < 1.29 is 22.0 Å². The molecule has 0 aliphatic carbocycles. The molecular formula is C9H12ClNO. The Balaban J connectivity index is 0.00000121. The summed E-state index contributed by atoms with van der Waals surface area (Å²) < 4.78 is 1.70. The monoisotopic (exact) mass is 185 g/mol. The Kier molecular flexibility index (Phi) is 5.13. The molecule has 0 saturated heterocycles. The molecular weight excluding hydrogens is 174 g/mol. The molecule has 0 spiro atoms. The van der Waals surface area contributed by atoms with Gasteiger partial charge in [-0.05, 0) is 6.07 Å². The first kappa shape index (κ1) is 11.0. The number of pyridine rings is 1. The van der Waals surface area contributed by atoms with E-state index in [1.807, 2.05) is 24.4 Å². The van der Waals surface area contributed by atoms with Crippen molar-refractivity contribution in [3.8, 4) is 0 Å². The molecule has 2 nitrogen and oxygen atoms in total. The zero-order chi connectivity index (χ0) is 8.10. The van der Waals surface area contributed by atoms with Gasteiger partial charge in [-0.15, -0.1) is 0 Å². The lowest BCUT2D eigenvalue weighted by atomic mass is 10.3. The number of hydrogen-bond donors (Lipinski definition) is 0. The maximum Gasteiger partial charge on any atom is 0.234 e. The van der Waals surface area contributed by atoms with Crippen LogP contribution in [-0.2, 0) is 6.42 Å². The molecule has 3 heteroatoms. The highest BCUT2D eigenvalue weighted by Crippen LogP contribution is 1.90. The third kappa shape index (κ3) is 2.55. The molecule has 0 N–H and O–H groups in total. The van der Waals surface area contributed by atoms with Gasteiger partial charge >= 0.3 is 0 Å². The van der Waals surface area contributed by atoms with Gasteiger partial charge in [0.05, 0.1) is 0 Å². The van der Waals surface area contributed by atoms with Crippen LogP contribution in [0.2, 0.25) is 0 Å². The highest BCUT2D eigenvalue weighted by Gasteiger charge is 2.05. The number of aromatic nitrogens is 1. The number of rotatable bonds is 3. The first-order chi connectivity index (χ1) is 5.38. The molecule has 1 heterocycles. The van der Waals surface area contributed by atoms with Crippen LogP contribution in [0.15, 0.2) is 37.2 Å². The Labute approximate surface area is 78.9 Å². The lowest BCUT2D eigenvalue weighted by Crippen LogP contribution is -3.00. The van der Waals surface area contributed by atoms with Gasteiger partial charge in [-0.3, -0.25) is 0 Å². The van der Waals surface area contributed by atoms with Gasteiger partial charge < -0.3 is 12.4 Å². The highest BCUT2D eigenvalue weighted by atomic mass is 35.5. The van der Waals surface area contributed by atoms with Gasteiger partial charge in [-0.2, -0.15) is 0 Å². The summed E-state index contributed by atoms with van der Waals surface area (Å²) in [6.07, 6.45) is 4.23. The van der Waals surface area contributed by atoms with Gasteiger partial charge in [0.2, 0.25) is 11.9 Å². The van der Waals surface area contributed by atoms with Gasteiger partial charge in [-0.25, -0.2) is 4.84 Å². The van der Waals surface area contributed by atoms with E-state index in [1.165, 1.54) is 6.26 Å². The van der Waals surface area contributed by atoms with Crippen LogP contribution in [0.3, 0.4) is 0 Å². The Morgan fingerprint density at radius 1 is 1.58 bits per heavy atom. The summed E-state index contributed by atoms with van der Waals surface area (Å²) in [7, 11) is 0. The zero-order valence-electron chi connectivity index (χ0n) is 7.03. The summed E-state index contributed by atoms with van der Waals surface area (Å²) in [5.41, 5.74) is 1.13. The standard InChI is InChI=1S/C9H12NO.ClH/c1-3-9-7-5-6-8-10(9)11-4-2;/h4-8H,2-3H2,1H3;1H/q+1;/p-1. The summed E-state index contributed by atoms with van der Waals surface area (Å²) in [5, 5.41) is 0. The minimum absolute atomic E-state index is 0. The van der Waals surface area contributed by atoms with Gasteiger partial charge in [-0.1, -0.05) is 13.5 Å². The van der Waals surface area contributed by atoms with Crippen LogP contribution < -0.4 is 22.0 Å². The fraction of sp³-hybridized carbons (Fsp3) is 0.222. The van der Waals surface area contributed by atoms with E-state index in [9.17, 15) is 0 Å². The average molecular weight is 186 g/mol. The average Bonchev–Trinajstić information content (AvgIpc) is 2.06. The minimum Gasteiger partial charge on any atom is -1.00 e. The maximum atomic E-state index is 5.11. The van der Waals surface area contributed by atoms with Crippen LogP contribution in [-0.4, -0.2) is 0 Å². The highest BCUT2D eigenvalue weighted by molar-refractivity contribution is 4.96. The molecule has 1 aromatic rings. The number of halogens is 1. The Bertz CT molecular complexity index is 250. The van der Waals surface area contributed by atoms with Crippen molar-refractivity contribution in [2.24, 2.45) is 0 Å². The van der Waals surface area contributed by atoms with Crippen molar-refractivity contribution in [1.29, 1.82) is 0 Å². The quantitative estimate of drug-likeness (QED) is 0.397. The van der Waals surface area contributed by atoms with Crippen LogP contribution >= 0.6 is 0 Å². The molecule has 12 heavy (non-hydrogen) atoms. The Morgan fingerprint density at radius 2 is 2.33 bits per heavy atom. The molecule has 0 aromatic carbocycles. The van der Waals surface area contributed by atoms with Crippen LogP contribution in [0.25, 0.3) is 0 Å². The predicted molar refractivity (Wildman–Crippen MR) is 42.8 cm³/mol. The Hall–Kier alpha value is -1.02. The summed E-state index contributed by atoms with van der Waals surface area (Å²) in [6.45, 7) is 5.57. The van der Waals surface area contributed by atoms with Crippen LogP contribution in [0, 0.1) is 0 Å².